The monoisotopic (exact) mass is 160 g/mol. The standard InChI is InChI=1S/C6H16OSi2/c1-5-6-9(3,4)7-8-2/h5H,1,6,8H2,2-4H3. The number of hydrogen-bond donors (Lipinski definition) is 0. The van der Waals surface area contributed by atoms with E-state index >= 15 is 0 Å². The van der Waals surface area contributed by atoms with Gasteiger partial charge in [-0.3, -0.25) is 0 Å². The van der Waals surface area contributed by atoms with Crippen LogP contribution in [0.25, 0.3) is 0 Å². The lowest BCUT2D eigenvalue weighted by Gasteiger charge is -2.19. The summed E-state index contributed by atoms with van der Waals surface area (Å²) in [5, 5.41) is 0. The van der Waals surface area contributed by atoms with Crippen LogP contribution in [0.2, 0.25) is 25.7 Å². The summed E-state index contributed by atoms with van der Waals surface area (Å²) in [5.74, 6) is 0. The minimum atomic E-state index is -1.26. The molecule has 0 aromatic heterocycles. The van der Waals surface area contributed by atoms with E-state index in [1.807, 2.05) is 6.08 Å². The molecule has 0 radical (unpaired) electrons. The maximum absolute atomic E-state index is 5.68. The summed E-state index contributed by atoms with van der Waals surface area (Å²) in [5.41, 5.74) is 0. The van der Waals surface area contributed by atoms with Crippen molar-refractivity contribution in [3.63, 3.8) is 0 Å². The van der Waals surface area contributed by atoms with Crippen LogP contribution in [0.3, 0.4) is 0 Å². The molecule has 0 saturated carbocycles. The fourth-order valence-electron chi connectivity index (χ4n) is 0.797. The molecule has 54 valence electrons. The molecule has 0 amide bonds. The third kappa shape index (κ3) is 4.63. The molecule has 1 nitrogen and oxygen atoms in total. The Hall–Kier alpha value is 0.134. The maximum atomic E-state index is 5.68. The lowest BCUT2D eigenvalue weighted by atomic mass is 10.8. The maximum Gasteiger partial charge on any atom is 0.176 e. The van der Waals surface area contributed by atoms with Crippen LogP contribution in [-0.2, 0) is 4.12 Å². The van der Waals surface area contributed by atoms with E-state index in [1.54, 1.807) is 0 Å². The van der Waals surface area contributed by atoms with Gasteiger partial charge < -0.3 is 4.12 Å². The Morgan fingerprint density at radius 3 is 2.56 bits per heavy atom. The second kappa shape index (κ2) is 4.03. The van der Waals surface area contributed by atoms with Crippen molar-refractivity contribution in [3.8, 4) is 0 Å². The molecular formula is C6H16OSi2. The Kier molecular flexibility index (Phi) is 4.09. The number of allylic oxidation sites excluding steroid dienone is 1. The Labute approximate surface area is 61.2 Å². The van der Waals surface area contributed by atoms with Crippen molar-refractivity contribution in [3.05, 3.63) is 12.7 Å². The molecule has 9 heavy (non-hydrogen) atoms. The third-order valence-corrected chi connectivity index (χ3v) is 6.72. The van der Waals surface area contributed by atoms with Crippen LogP contribution in [0.1, 0.15) is 0 Å². The molecule has 0 aromatic carbocycles. The molecule has 0 aliphatic carbocycles. The van der Waals surface area contributed by atoms with E-state index in [0.29, 0.717) is 0 Å². The van der Waals surface area contributed by atoms with E-state index in [4.69, 9.17) is 4.12 Å². The van der Waals surface area contributed by atoms with Crippen molar-refractivity contribution in [2.24, 2.45) is 0 Å². The summed E-state index contributed by atoms with van der Waals surface area (Å²) in [4.78, 5) is 0. The van der Waals surface area contributed by atoms with Gasteiger partial charge in [-0.2, -0.15) is 0 Å². The van der Waals surface area contributed by atoms with Crippen LogP contribution in [0.4, 0.5) is 0 Å². The second-order valence-electron chi connectivity index (χ2n) is 2.69. The van der Waals surface area contributed by atoms with E-state index in [-0.39, 0.29) is 9.76 Å². The Morgan fingerprint density at radius 1 is 1.67 bits per heavy atom. The van der Waals surface area contributed by atoms with Crippen LogP contribution in [0, 0.1) is 0 Å². The van der Waals surface area contributed by atoms with Gasteiger partial charge in [-0.15, -0.1) is 6.58 Å². The molecule has 0 rings (SSSR count). The zero-order valence-electron chi connectivity index (χ0n) is 6.61. The van der Waals surface area contributed by atoms with Crippen molar-refractivity contribution < 1.29 is 4.12 Å². The Bertz CT molecular complexity index is 91.1. The summed E-state index contributed by atoms with van der Waals surface area (Å²) in [7, 11) is -1.46. The van der Waals surface area contributed by atoms with Crippen molar-refractivity contribution in [2.75, 3.05) is 0 Å². The Morgan fingerprint density at radius 2 is 2.22 bits per heavy atom. The van der Waals surface area contributed by atoms with Crippen molar-refractivity contribution in [1.82, 2.24) is 0 Å². The van der Waals surface area contributed by atoms with Gasteiger partial charge >= 0.3 is 0 Å². The zero-order chi connectivity index (χ0) is 7.33. The van der Waals surface area contributed by atoms with Gasteiger partial charge in [0.05, 0.1) is 0 Å². The number of rotatable bonds is 4. The largest absolute Gasteiger partial charge is 0.460 e. The molecule has 0 aliphatic heterocycles. The molecule has 3 heteroatoms. The average Bonchev–Trinajstić information content (AvgIpc) is 1.64. The molecule has 0 aromatic rings. The van der Waals surface area contributed by atoms with Gasteiger partial charge in [0.25, 0.3) is 0 Å². The van der Waals surface area contributed by atoms with E-state index < -0.39 is 8.32 Å². The van der Waals surface area contributed by atoms with Gasteiger partial charge in [0.2, 0.25) is 0 Å². The van der Waals surface area contributed by atoms with Crippen LogP contribution in [0.15, 0.2) is 12.7 Å². The van der Waals surface area contributed by atoms with E-state index in [1.165, 1.54) is 0 Å². The van der Waals surface area contributed by atoms with Gasteiger partial charge in [-0.05, 0) is 19.1 Å². The zero-order valence-corrected chi connectivity index (χ0v) is 9.02. The highest BCUT2D eigenvalue weighted by Crippen LogP contribution is 2.09. The van der Waals surface area contributed by atoms with Crippen LogP contribution >= 0.6 is 0 Å². The molecule has 0 saturated heterocycles. The molecule has 0 N–H and O–H groups in total. The second-order valence-corrected chi connectivity index (χ2v) is 8.35. The molecule has 0 atom stereocenters. The first-order chi connectivity index (χ1) is 4.12. The van der Waals surface area contributed by atoms with Crippen LogP contribution in [0.5, 0.6) is 0 Å². The van der Waals surface area contributed by atoms with Crippen LogP contribution < -0.4 is 0 Å². The quantitative estimate of drug-likeness (QED) is 0.448. The van der Waals surface area contributed by atoms with Gasteiger partial charge in [0.1, 0.15) is 9.76 Å². The molecule has 0 heterocycles. The highest BCUT2D eigenvalue weighted by molar-refractivity contribution is 6.75. The van der Waals surface area contributed by atoms with Crippen molar-refractivity contribution in [1.29, 1.82) is 0 Å². The van der Waals surface area contributed by atoms with E-state index in [0.717, 1.165) is 6.04 Å². The first-order valence-corrected chi connectivity index (χ1v) is 8.48. The smallest absolute Gasteiger partial charge is 0.176 e. The minimum Gasteiger partial charge on any atom is -0.460 e. The van der Waals surface area contributed by atoms with Crippen molar-refractivity contribution >= 4 is 18.1 Å². The third-order valence-electron chi connectivity index (χ3n) is 1.17. The highest BCUT2D eigenvalue weighted by atomic mass is 28.4. The average molecular weight is 160 g/mol. The summed E-state index contributed by atoms with van der Waals surface area (Å²) in [6, 6.07) is 1.09. The number of hydrogen-bond acceptors (Lipinski definition) is 1. The first kappa shape index (κ1) is 9.13. The predicted molar refractivity (Wildman–Crippen MR) is 48.0 cm³/mol. The molecule has 0 fully saturated rings. The molecule has 0 bridgehead atoms. The molecule has 0 unspecified atom stereocenters. The fraction of sp³-hybridized carbons (Fsp3) is 0.667. The molecule has 0 aliphatic rings. The summed E-state index contributed by atoms with van der Waals surface area (Å²) in [6.07, 6.45) is 1.97. The van der Waals surface area contributed by atoms with Gasteiger partial charge in [0.15, 0.2) is 8.32 Å². The van der Waals surface area contributed by atoms with Gasteiger partial charge in [-0.1, -0.05) is 12.6 Å². The fourth-order valence-corrected chi connectivity index (χ4v) is 5.09. The predicted octanol–water partition coefficient (Wildman–Crippen LogP) is 1.53. The first-order valence-electron chi connectivity index (χ1n) is 3.37. The van der Waals surface area contributed by atoms with Gasteiger partial charge in [-0.25, -0.2) is 0 Å². The normalized spacial score (nSPS) is 12.8. The topological polar surface area (TPSA) is 9.23 Å². The molecule has 0 spiro atoms. The lowest BCUT2D eigenvalue weighted by Crippen LogP contribution is -2.30. The summed E-state index contributed by atoms with van der Waals surface area (Å²) < 4.78 is 5.68. The van der Waals surface area contributed by atoms with E-state index in [9.17, 15) is 0 Å². The summed E-state index contributed by atoms with van der Waals surface area (Å²) >= 11 is 0. The van der Waals surface area contributed by atoms with Crippen molar-refractivity contribution in [2.45, 2.75) is 25.7 Å². The highest BCUT2D eigenvalue weighted by Gasteiger charge is 2.17. The van der Waals surface area contributed by atoms with Crippen LogP contribution in [-0.4, -0.2) is 18.1 Å². The van der Waals surface area contributed by atoms with E-state index in [2.05, 4.69) is 26.2 Å². The van der Waals surface area contributed by atoms with Gasteiger partial charge in [0, 0.05) is 0 Å². The minimum absolute atomic E-state index is 0.197. The Balaban J connectivity index is 3.55. The SMILES string of the molecule is C=CC[Si](C)(C)O[SiH2]C. The molecular weight excluding hydrogens is 144 g/mol. The lowest BCUT2D eigenvalue weighted by molar-refractivity contribution is 0.597. The summed E-state index contributed by atoms with van der Waals surface area (Å²) in [6.45, 7) is 10.4.